The number of amides is 2. The van der Waals surface area contributed by atoms with Crippen molar-refractivity contribution in [3.8, 4) is 0 Å². The van der Waals surface area contributed by atoms with Gasteiger partial charge in [-0.1, -0.05) is 18.2 Å². The maximum absolute atomic E-state index is 13.3. The minimum Gasteiger partial charge on any atom is -0.350 e. The van der Waals surface area contributed by atoms with Crippen molar-refractivity contribution in [1.82, 2.24) is 10.6 Å². The molecule has 0 atom stereocenters. The molecule has 1 aromatic heterocycles. The van der Waals surface area contributed by atoms with Crippen LogP contribution in [0.25, 0.3) is 0 Å². The van der Waals surface area contributed by atoms with Crippen LogP contribution in [0.15, 0.2) is 41.8 Å². The molecule has 0 aliphatic rings. The highest BCUT2D eigenvalue weighted by atomic mass is 32.1. The second-order valence-electron chi connectivity index (χ2n) is 4.02. The second-order valence-corrected chi connectivity index (χ2v) is 5.05. The minimum absolute atomic E-state index is 0.0708. The smallest absolute Gasteiger partial charge is 0.254 e. The first kappa shape index (κ1) is 14.2. The van der Waals surface area contributed by atoms with Gasteiger partial charge in [0.15, 0.2) is 0 Å². The minimum atomic E-state index is -0.607. The average Bonchev–Trinajstić information content (AvgIpc) is 2.96. The molecule has 6 heteroatoms. The quantitative estimate of drug-likeness (QED) is 0.884. The Hall–Kier alpha value is -2.21. The lowest BCUT2D eigenvalue weighted by atomic mass is 10.2. The number of thiophene rings is 1. The number of halogens is 1. The van der Waals surface area contributed by atoms with Gasteiger partial charge in [-0.05, 0) is 23.6 Å². The summed E-state index contributed by atoms with van der Waals surface area (Å²) in [5, 5.41) is 6.97. The summed E-state index contributed by atoms with van der Waals surface area (Å²) in [7, 11) is 0. The van der Waals surface area contributed by atoms with Gasteiger partial charge < -0.3 is 10.6 Å². The first-order valence-electron chi connectivity index (χ1n) is 5.98. The molecule has 0 aliphatic heterocycles. The maximum Gasteiger partial charge on any atom is 0.254 e. The van der Waals surface area contributed by atoms with Crippen LogP contribution in [-0.2, 0) is 11.3 Å². The van der Waals surface area contributed by atoms with Crippen LogP contribution in [0.4, 0.5) is 4.39 Å². The lowest BCUT2D eigenvalue weighted by Crippen LogP contribution is -2.36. The molecule has 1 aromatic carbocycles. The predicted molar refractivity (Wildman–Crippen MR) is 74.9 cm³/mol. The number of carbonyl (C=O) groups excluding carboxylic acids is 2. The summed E-state index contributed by atoms with van der Waals surface area (Å²) in [6, 6.07) is 9.43. The molecule has 0 bridgehead atoms. The fourth-order valence-corrected chi connectivity index (χ4v) is 2.21. The van der Waals surface area contributed by atoms with E-state index in [1.165, 1.54) is 29.5 Å². The molecule has 1 heterocycles. The molecule has 0 spiro atoms. The highest BCUT2D eigenvalue weighted by Crippen LogP contribution is 2.07. The first-order chi connectivity index (χ1) is 9.66. The topological polar surface area (TPSA) is 58.2 Å². The Balaban J connectivity index is 1.78. The molecule has 2 rings (SSSR count). The number of benzene rings is 1. The predicted octanol–water partition coefficient (Wildman–Crippen LogP) is 1.93. The van der Waals surface area contributed by atoms with E-state index in [4.69, 9.17) is 0 Å². The normalized spacial score (nSPS) is 10.1. The molecule has 0 radical (unpaired) electrons. The summed E-state index contributed by atoms with van der Waals surface area (Å²) in [6.07, 6.45) is 0. The molecule has 104 valence electrons. The van der Waals surface area contributed by atoms with Crippen LogP contribution in [0.3, 0.4) is 0 Å². The summed E-state index contributed by atoms with van der Waals surface area (Å²) in [5.74, 6) is -1.53. The summed E-state index contributed by atoms with van der Waals surface area (Å²) < 4.78 is 13.3. The maximum atomic E-state index is 13.3. The summed E-state index contributed by atoms with van der Waals surface area (Å²) >= 11 is 1.54. The molecule has 4 nitrogen and oxygen atoms in total. The van der Waals surface area contributed by atoms with Crippen LogP contribution in [0.5, 0.6) is 0 Å². The number of rotatable bonds is 5. The van der Waals surface area contributed by atoms with Gasteiger partial charge in [-0.2, -0.15) is 0 Å². The van der Waals surface area contributed by atoms with Crippen molar-refractivity contribution < 1.29 is 14.0 Å². The first-order valence-corrected chi connectivity index (χ1v) is 6.86. The molecule has 2 aromatic rings. The van der Waals surface area contributed by atoms with Crippen LogP contribution >= 0.6 is 11.3 Å². The number of nitrogens with one attached hydrogen (secondary N) is 2. The summed E-state index contributed by atoms with van der Waals surface area (Å²) in [4.78, 5) is 24.2. The van der Waals surface area contributed by atoms with Crippen molar-refractivity contribution in [3.63, 3.8) is 0 Å². The fraction of sp³-hybridized carbons (Fsp3) is 0.143. The second kappa shape index (κ2) is 6.81. The van der Waals surface area contributed by atoms with Crippen molar-refractivity contribution in [2.75, 3.05) is 6.54 Å². The van der Waals surface area contributed by atoms with Crippen molar-refractivity contribution in [1.29, 1.82) is 0 Å². The number of hydrogen-bond acceptors (Lipinski definition) is 3. The van der Waals surface area contributed by atoms with Gasteiger partial charge in [0.25, 0.3) is 5.91 Å². The molecule has 2 N–H and O–H groups in total. The lowest BCUT2D eigenvalue weighted by Gasteiger charge is -2.06. The molecular weight excluding hydrogens is 279 g/mol. The summed E-state index contributed by atoms with van der Waals surface area (Å²) in [5.41, 5.74) is -0.0708. The van der Waals surface area contributed by atoms with Gasteiger partial charge in [0.1, 0.15) is 5.82 Å². The Labute approximate surface area is 119 Å². The van der Waals surface area contributed by atoms with Crippen molar-refractivity contribution in [3.05, 3.63) is 58.0 Å². The number of hydrogen-bond donors (Lipinski definition) is 2. The Morgan fingerprint density at radius 1 is 1.10 bits per heavy atom. The molecule has 20 heavy (non-hydrogen) atoms. The molecule has 0 saturated heterocycles. The van der Waals surface area contributed by atoms with E-state index >= 15 is 0 Å². The van der Waals surface area contributed by atoms with Gasteiger partial charge in [0.05, 0.1) is 18.7 Å². The van der Waals surface area contributed by atoms with Crippen molar-refractivity contribution in [2.45, 2.75) is 6.54 Å². The summed E-state index contributed by atoms with van der Waals surface area (Å²) in [6.45, 7) is 0.241. The van der Waals surface area contributed by atoms with Crippen molar-refractivity contribution >= 4 is 23.2 Å². The average molecular weight is 292 g/mol. The van der Waals surface area contributed by atoms with E-state index < -0.39 is 11.7 Å². The third-order valence-electron chi connectivity index (χ3n) is 2.57. The van der Waals surface area contributed by atoms with E-state index in [9.17, 15) is 14.0 Å². The van der Waals surface area contributed by atoms with Crippen LogP contribution in [0.2, 0.25) is 0 Å². The molecule has 0 fully saturated rings. The van der Waals surface area contributed by atoms with Crippen LogP contribution in [-0.4, -0.2) is 18.4 Å². The van der Waals surface area contributed by atoms with E-state index in [0.717, 1.165) is 4.88 Å². The zero-order valence-corrected chi connectivity index (χ0v) is 11.4. The Kier molecular flexibility index (Phi) is 4.84. The van der Waals surface area contributed by atoms with Crippen molar-refractivity contribution in [2.24, 2.45) is 0 Å². The highest BCUT2D eigenvalue weighted by molar-refractivity contribution is 7.09. The van der Waals surface area contributed by atoms with Crippen LogP contribution in [0.1, 0.15) is 15.2 Å². The Morgan fingerprint density at radius 2 is 1.90 bits per heavy atom. The largest absolute Gasteiger partial charge is 0.350 e. The molecular formula is C14H13FN2O2S. The lowest BCUT2D eigenvalue weighted by molar-refractivity contribution is -0.120. The van der Waals surface area contributed by atoms with Crippen LogP contribution < -0.4 is 10.6 Å². The zero-order valence-electron chi connectivity index (χ0n) is 10.6. The van der Waals surface area contributed by atoms with Crippen LogP contribution in [0, 0.1) is 5.82 Å². The third-order valence-corrected chi connectivity index (χ3v) is 3.44. The highest BCUT2D eigenvalue weighted by Gasteiger charge is 2.11. The van der Waals surface area contributed by atoms with Gasteiger partial charge in [-0.15, -0.1) is 11.3 Å². The zero-order chi connectivity index (χ0) is 14.4. The van der Waals surface area contributed by atoms with E-state index in [2.05, 4.69) is 10.6 Å². The van der Waals surface area contributed by atoms with Gasteiger partial charge in [-0.3, -0.25) is 9.59 Å². The van der Waals surface area contributed by atoms with E-state index in [1.54, 1.807) is 6.07 Å². The monoisotopic (exact) mass is 292 g/mol. The Bertz CT molecular complexity index is 599. The van der Waals surface area contributed by atoms with Gasteiger partial charge >= 0.3 is 0 Å². The van der Waals surface area contributed by atoms with E-state index in [1.807, 2.05) is 17.5 Å². The molecule has 0 unspecified atom stereocenters. The fourth-order valence-electron chi connectivity index (χ4n) is 1.56. The van der Waals surface area contributed by atoms with E-state index in [-0.39, 0.29) is 18.0 Å². The standard InChI is InChI=1S/C14H13FN2O2S/c15-12-6-2-1-5-11(12)14(19)17-9-13(18)16-8-10-4-3-7-20-10/h1-7H,8-9H2,(H,16,18)(H,17,19). The molecule has 0 saturated carbocycles. The number of carbonyl (C=O) groups is 2. The van der Waals surface area contributed by atoms with Gasteiger partial charge in [0.2, 0.25) is 5.91 Å². The SMILES string of the molecule is O=C(CNC(=O)c1ccccc1F)NCc1cccs1. The third kappa shape index (κ3) is 3.89. The molecule has 0 aliphatic carbocycles. The van der Waals surface area contributed by atoms with Gasteiger partial charge in [-0.25, -0.2) is 4.39 Å². The van der Waals surface area contributed by atoms with E-state index in [0.29, 0.717) is 6.54 Å². The Morgan fingerprint density at radius 3 is 2.60 bits per heavy atom. The van der Waals surface area contributed by atoms with Gasteiger partial charge in [0, 0.05) is 4.88 Å². The molecule has 2 amide bonds.